The van der Waals surface area contributed by atoms with Gasteiger partial charge in [-0.05, 0) is 47.0 Å². The second-order valence-corrected chi connectivity index (χ2v) is 5.62. The minimum absolute atomic E-state index is 0.0517. The third-order valence-corrected chi connectivity index (χ3v) is 3.76. The van der Waals surface area contributed by atoms with Crippen LogP contribution in [0.1, 0.15) is 31.9 Å². The van der Waals surface area contributed by atoms with Crippen molar-refractivity contribution in [1.82, 2.24) is 5.32 Å². The van der Waals surface area contributed by atoms with Crippen molar-refractivity contribution in [3.05, 3.63) is 28.2 Å². The van der Waals surface area contributed by atoms with Crippen LogP contribution in [-0.4, -0.2) is 36.8 Å². The van der Waals surface area contributed by atoms with Gasteiger partial charge in [0.15, 0.2) is 6.04 Å². The predicted octanol–water partition coefficient (Wildman–Crippen LogP) is 2.51. The summed E-state index contributed by atoms with van der Waals surface area (Å²) in [7, 11) is 1.52. The number of amides is 1. The Hall–Kier alpha value is -1.60. The summed E-state index contributed by atoms with van der Waals surface area (Å²) in [6.45, 7) is 3.62. The molecule has 2 atom stereocenters. The van der Waals surface area contributed by atoms with Gasteiger partial charge in [0, 0.05) is 0 Å². The van der Waals surface area contributed by atoms with Crippen molar-refractivity contribution in [2.24, 2.45) is 0 Å². The van der Waals surface area contributed by atoms with Gasteiger partial charge in [-0.2, -0.15) is 0 Å². The number of methoxy groups -OCH3 is 1. The van der Waals surface area contributed by atoms with Crippen molar-refractivity contribution >= 4 is 27.8 Å². The molecule has 0 spiro atoms. The number of halogens is 1. The maximum absolute atomic E-state index is 11.8. The second kappa shape index (κ2) is 8.75. The molecule has 0 saturated carbocycles. The molecule has 1 rings (SSSR count). The van der Waals surface area contributed by atoms with Crippen molar-refractivity contribution in [2.45, 2.75) is 32.4 Å². The number of carboxylic acid groups (broad SMARTS) is 1. The first kappa shape index (κ1) is 18.4. The van der Waals surface area contributed by atoms with E-state index in [0.29, 0.717) is 15.8 Å². The Balaban J connectivity index is 2.79. The first-order chi connectivity index (χ1) is 10.4. The molecule has 1 aromatic rings. The molecule has 0 aromatic heterocycles. The van der Waals surface area contributed by atoms with E-state index in [1.165, 1.54) is 7.11 Å². The number of hydrogen-bond acceptors (Lipinski definition) is 4. The van der Waals surface area contributed by atoms with Gasteiger partial charge in [0.2, 0.25) is 5.91 Å². The van der Waals surface area contributed by atoms with Gasteiger partial charge in [0.1, 0.15) is 12.4 Å². The number of rotatable bonds is 8. The molecule has 2 unspecified atom stereocenters. The van der Waals surface area contributed by atoms with Crippen LogP contribution in [0.25, 0.3) is 0 Å². The summed E-state index contributed by atoms with van der Waals surface area (Å²) in [4.78, 5) is 23.2. The molecule has 122 valence electrons. The predicted molar refractivity (Wildman–Crippen MR) is 84.9 cm³/mol. The zero-order valence-electron chi connectivity index (χ0n) is 12.8. The zero-order chi connectivity index (χ0) is 16.7. The molecule has 0 aliphatic carbocycles. The fourth-order valence-electron chi connectivity index (χ4n) is 1.69. The molecule has 1 amide bonds. The van der Waals surface area contributed by atoms with Crippen LogP contribution in [0.15, 0.2) is 22.7 Å². The Bertz CT molecular complexity index is 535. The largest absolute Gasteiger partial charge is 0.496 e. The smallest absolute Gasteiger partial charge is 0.330 e. The van der Waals surface area contributed by atoms with E-state index in [2.05, 4.69) is 21.2 Å². The van der Waals surface area contributed by atoms with E-state index >= 15 is 0 Å². The van der Waals surface area contributed by atoms with Crippen LogP contribution >= 0.6 is 15.9 Å². The third-order valence-electron chi connectivity index (χ3n) is 3.14. The molecular weight excluding hydrogens is 354 g/mol. The number of ether oxygens (including phenoxy) is 2. The molecule has 0 saturated heterocycles. The van der Waals surface area contributed by atoms with E-state index in [9.17, 15) is 14.7 Å². The molecule has 1 aromatic carbocycles. The van der Waals surface area contributed by atoms with Gasteiger partial charge >= 0.3 is 5.97 Å². The van der Waals surface area contributed by atoms with Gasteiger partial charge < -0.3 is 19.9 Å². The lowest BCUT2D eigenvalue weighted by Crippen LogP contribution is -2.36. The van der Waals surface area contributed by atoms with Crippen molar-refractivity contribution in [2.75, 3.05) is 13.7 Å². The number of carbonyl (C=O) groups is 2. The van der Waals surface area contributed by atoms with E-state index in [1.54, 1.807) is 18.2 Å². The van der Waals surface area contributed by atoms with Crippen LogP contribution < -0.4 is 10.1 Å². The summed E-state index contributed by atoms with van der Waals surface area (Å²) in [5, 5.41) is 11.8. The van der Waals surface area contributed by atoms with Crippen molar-refractivity contribution < 1.29 is 24.2 Å². The minimum atomic E-state index is -1.14. The highest BCUT2D eigenvalue weighted by molar-refractivity contribution is 9.10. The molecule has 2 N–H and O–H groups in total. The van der Waals surface area contributed by atoms with Crippen LogP contribution in [0.4, 0.5) is 0 Å². The van der Waals surface area contributed by atoms with Crippen LogP contribution in [0.3, 0.4) is 0 Å². The Labute approximate surface area is 137 Å². The summed E-state index contributed by atoms with van der Waals surface area (Å²) in [5.74, 6) is -1.03. The summed E-state index contributed by atoms with van der Waals surface area (Å²) >= 11 is 3.29. The first-order valence-electron chi connectivity index (χ1n) is 6.86. The van der Waals surface area contributed by atoms with E-state index in [1.807, 2.05) is 13.8 Å². The van der Waals surface area contributed by atoms with Crippen molar-refractivity contribution in [1.29, 1.82) is 0 Å². The van der Waals surface area contributed by atoms with Gasteiger partial charge in [-0.1, -0.05) is 13.0 Å². The zero-order valence-corrected chi connectivity index (χ0v) is 14.3. The number of benzene rings is 1. The van der Waals surface area contributed by atoms with Gasteiger partial charge in [0.05, 0.1) is 17.7 Å². The molecule has 0 heterocycles. The number of hydrogen-bond donors (Lipinski definition) is 2. The number of carboxylic acids is 1. The highest BCUT2D eigenvalue weighted by atomic mass is 79.9. The van der Waals surface area contributed by atoms with Crippen LogP contribution in [0, 0.1) is 0 Å². The highest BCUT2D eigenvalue weighted by Crippen LogP contribution is 2.28. The van der Waals surface area contributed by atoms with Crippen LogP contribution in [0.5, 0.6) is 5.75 Å². The van der Waals surface area contributed by atoms with Crippen LogP contribution in [0.2, 0.25) is 0 Å². The molecule has 6 nitrogen and oxygen atoms in total. The lowest BCUT2D eigenvalue weighted by Gasteiger charge is -2.17. The summed E-state index contributed by atoms with van der Waals surface area (Å²) in [5.41, 5.74) is 0.442. The molecule has 0 aliphatic heterocycles. The van der Waals surface area contributed by atoms with Crippen molar-refractivity contribution in [3.8, 4) is 5.75 Å². The monoisotopic (exact) mass is 373 g/mol. The van der Waals surface area contributed by atoms with E-state index < -0.39 is 17.9 Å². The third kappa shape index (κ3) is 5.31. The Kier molecular flexibility index (Phi) is 7.34. The standard InChI is InChI=1S/C15H20BrNO5/c1-4-9(2)22-8-13(18)17-14(15(19)20)10-5-6-12(21-3)11(16)7-10/h5-7,9,14H,4,8H2,1-3H3,(H,17,18)(H,19,20). The summed E-state index contributed by atoms with van der Waals surface area (Å²) in [6.07, 6.45) is 0.727. The topological polar surface area (TPSA) is 84.9 Å². The van der Waals surface area contributed by atoms with Crippen molar-refractivity contribution in [3.63, 3.8) is 0 Å². The lowest BCUT2D eigenvalue weighted by atomic mass is 10.1. The average Bonchev–Trinajstić information content (AvgIpc) is 2.49. The van der Waals surface area contributed by atoms with E-state index in [0.717, 1.165) is 6.42 Å². The Morgan fingerprint density at radius 3 is 2.59 bits per heavy atom. The highest BCUT2D eigenvalue weighted by Gasteiger charge is 2.23. The average molecular weight is 374 g/mol. The first-order valence-corrected chi connectivity index (χ1v) is 7.65. The minimum Gasteiger partial charge on any atom is -0.496 e. The lowest BCUT2D eigenvalue weighted by molar-refractivity contribution is -0.143. The number of nitrogens with one attached hydrogen (secondary N) is 1. The Morgan fingerprint density at radius 2 is 2.09 bits per heavy atom. The molecule has 0 radical (unpaired) electrons. The maximum atomic E-state index is 11.8. The quantitative estimate of drug-likeness (QED) is 0.731. The molecule has 7 heteroatoms. The summed E-state index contributed by atoms with van der Waals surface area (Å²) in [6, 6.07) is 3.69. The van der Waals surface area contributed by atoms with Gasteiger partial charge in [-0.25, -0.2) is 4.79 Å². The second-order valence-electron chi connectivity index (χ2n) is 4.76. The number of carbonyl (C=O) groups excluding carboxylic acids is 1. The maximum Gasteiger partial charge on any atom is 0.330 e. The molecule has 0 fully saturated rings. The fourth-order valence-corrected chi connectivity index (χ4v) is 2.25. The molecule has 0 aliphatic rings. The SMILES string of the molecule is CCC(C)OCC(=O)NC(C(=O)O)c1ccc(OC)c(Br)c1. The fraction of sp³-hybridized carbons (Fsp3) is 0.467. The van der Waals surface area contributed by atoms with Crippen LogP contribution in [-0.2, 0) is 14.3 Å². The Morgan fingerprint density at radius 1 is 1.41 bits per heavy atom. The molecular formula is C15H20BrNO5. The van der Waals surface area contributed by atoms with Gasteiger partial charge in [-0.3, -0.25) is 4.79 Å². The normalized spacial score (nSPS) is 13.3. The molecule has 22 heavy (non-hydrogen) atoms. The number of aliphatic carboxylic acids is 1. The molecule has 0 bridgehead atoms. The van der Waals surface area contributed by atoms with E-state index in [-0.39, 0.29) is 12.7 Å². The van der Waals surface area contributed by atoms with Gasteiger partial charge in [-0.15, -0.1) is 0 Å². The van der Waals surface area contributed by atoms with Gasteiger partial charge in [0.25, 0.3) is 0 Å². The van der Waals surface area contributed by atoms with E-state index in [4.69, 9.17) is 9.47 Å². The summed E-state index contributed by atoms with van der Waals surface area (Å²) < 4.78 is 11.0.